The van der Waals surface area contributed by atoms with Crippen molar-refractivity contribution in [2.24, 2.45) is 5.92 Å². The van der Waals surface area contributed by atoms with Gasteiger partial charge in [-0.15, -0.1) is 0 Å². The second kappa shape index (κ2) is 5.59. The largest absolute Gasteiger partial charge is 0.373 e. The molecule has 0 unspecified atom stereocenters. The highest BCUT2D eigenvalue weighted by atomic mass is 16.1. The first-order valence-corrected chi connectivity index (χ1v) is 7.00. The van der Waals surface area contributed by atoms with Gasteiger partial charge in [0.05, 0.1) is 0 Å². The highest BCUT2D eigenvalue weighted by Gasteiger charge is 2.27. The zero-order chi connectivity index (χ0) is 14.0. The molecule has 104 valence electrons. The van der Waals surface area contributed by atoms with Crippen molar-refractivity contribution in [2.45, 2.75) is 45.6 Å². The molecule has 1 aliphatic carbocycles. The SMILES string of the molecule is CNc1cc(C(=O)NC2CC(C)C2)cc(C(C)C)n1. The Morgan fingerprint density at radius 1 is 1.37 bits per heavy atom. The number of rotatable bonds is 4. The number of nitrogens with zero attached hydrogens (tertiary/aromatic N) is 1. The van der Waals surface area contributed by atoms with Gasteiger partial charge in [-0.25, -0.2) is 4.98 Å². The van der Waals surface area contributed by atoms with Gasteiger partial charge in [-0.3, -0.25) is 4.79 Å². The number of pyridine rings is 1. The quantitative estimate of drug-likeness (QED) is 0.876. The Kier molecular flexibility index (Phi) is 4.08. The lowest BCUT2D eigenvalue weighted by molar-refractivity contribution is 0.0896. The van der Waals surface area contributed by atoms with Crippen LogP contribution in [-0.4, -0.2) is 24.0 Å². The van der Waals surface area contributed by atoms with Gasteiger partial charge in [0.2, 0.25) is 0 Å². The molecule has 0 bridgehead atoms. The minimum Gasteiger partial charge on any atom is -0.373 e. The first-order valence-electron chi connectivity index (χ1n) is 7.00. The van der Waals surface area contributed by atoms with Crippen LogP contribution in [0, 0.1) is 5.92 Å². The molecule has 1 aromatic rings. The highest BCUT2D eigenvalue weighted by molar-refractivity contribution is 5.95. The summed E-state index contributed by atoms with van der Waals surface area (Å²) < 4.78 is 0. The third kappa shape index (κ3) is 3.25. The van der Waals surface area contributed by atoms with Gasteiger partial charge in [0, 0.05) is 24.3 Å². The van der Waals surface area contributed by atoms with Crippen LogP contribution < -0.4 is 10.6 Å². The van der Waals surface area contributed by atoms with Crippen molar-refractivity contribution in [2.75, 3.05) is 12.4 Å². The molecule has 19 heavy (non-hydrogen) atoms. The maximum atomic E-state index is 12.2. The van der Waals surface area contributed by atoms with Crippen molar-refractivity contribution < 1.29 is 4.79 Å². The molecule has 0 saturated heterocycles. The number of amides is 1. The molecule has 0 radical (unpaired) electrons. The number of nitrogens with one attached hydrogen (secondary N) is 2. The van der Waals surface area contributed by atoms with E-state index in [1.807, 2.05) is 19.2 Å². The summed E-state index contributed by atoms with van der Waals surface area (Å²) in [5.41, 5.74) is 1.64. The molecule has 2 rings (SSSR count). The topological polar surface area (TPSA) is 54.0 Å². The van der Waals surface area contributed by atoms with Crippen molar-refractivity contribution in [1.29, 1.82) is 0 Å². The van der Waals surface area contributed by atoms with Gasteiger partial charge in [-0.2, -0.15) is 0 Å². The Bertz CT molecular complexity index is 464. The molecular weight excluding hydrogens is 238 g/mol. The molecule has 0 aliphatic heterocycles. The van der Waals surface area contributed by atoms with Crippen LogP contribution in [0.15, 0.2) is 12.1 Å². The fourth-order valence-electron chi connectivity index (χ4n) is 2.40. The molecule has 4 nitrogen and oxygen atoms in total. The Morgan fingerprint density at radius 2 is 2.05 bits per heavy atom. The molecule has 0 spiro atoms. The lowest BCUT2D eigenvalue weighted by atomic mass is 9.82. The van der Waals surface area contributed by atoms with E-state index in [9.17, 15) is 4.79 Å². The van der Waals surface area contributed by atoms with Crippen LogP contribution >= 0.6 is 0 Å². The van der Waals surface area contributed by atoms with Crippen LogP contribution in [0.2, 0.25) is 0 Å². The summed E-state index contributed by atoms with van der Waals surface area (Å²) in [5, 5.41) is 6.10. The molecular formula is C15H23N3O. The van der Waals surface area contributed by atoms with E-state index >= 15 is 0 Å². The van der Waals surface area contributed by atoms with Gasteiger partial charge in [-0.1, -0.05) is 20.8 Å². The van der Waals surface area contributed by atoms with Crippen LogP contribution in [-0.2, 0) is 0 Å². The van der Waals surface area contributed by atoms with E-state index in [0.29, 0.717) is 17.5 Å². The maximum Gasteiger partial charge on any atom is 0.251 e. The number of aromatic nitrogens is 1. The summed E-state index contributed by atoms with van der Waals surface area (Å²) >= 11 is 0. The maximum absolute atomic E-state index is 12.2. The van der Waals surface area contributed by atoms with Crippen LogP contribution in [0.3, 0.4) is 0 Å². The Hall–Kier alpha value is -1.58. The first kappa shape index (κ1) is 13.8. The molecule has 0 atom stereocenters. The average molecular weight is 261 g/mol. The first-order chi connectivity index (χ1) is 8.99. The predicted molar refractivity (Wildman–Crippen MR) is 77.5 cm³/mol. The average Bonchev–Trinajstić information content (AvgIpc) is 2.36. The van der Waals surface area contributed by atoms with Crippen LogP contribution in [0.1, 0.15) is 55.6 Å². The van der Waals surface area contributed by atoms with Gasteiger partial charge in [0.15, 0.2) is 0 Å². The van der Waals surface area contributed by atoms with E-state index in [1.54, 1.807) is 0 Å². The molecule has 1 aromatic heterocycles. The van der Waals surface area contributed by atoms with Crippen LogP contribution in [0.5, 0.6) is 0 Å². The molecule has 1 amide bonds. The smallest absolute Gasteiger partial charge is 0.251 e. The Labute approximate surface area is 115 Å². The molecule has 1 saturated carbocycles. The van der Waals surface area contributed by atoms with E-state index < -0.39 is 0 Å². The lowest BCUT2D eigenvalue weighted by Gasteiger charge is -2.33. The number of hydrogen-bond acceptors (Lipinski definition) is 3. The summed E-state index contributed by atoms with van der Waals surface area (Å²) in [5.74, 6) is 1.81. The predicted octanol–water partition coefficient (Wildman–Crippen LogP) is 2.78. The summed E-state index contributed by atoms with van der Waals surface area (Å²) in [6.07, 6.45) is 2.18. The zero-order valence-electron chi connectivity index (χ0n) is 12.2. The van der Waals surface area contributed by atoms with Gasteiger partial charge in [-0.05, 0) is 36.8 Å². The van der Waals surface area contributed by atoms with Crippen molar-refractivity contribution in [3.05, 3.63) is 23.4 Å². The molecule has 1 fully saturated rings. The second-order valence-electron chi connectivity index (χ2n) is 5.82. The molecule has 0 aromatic carbocycles. The standard InChI is InChI=1S/C15H23N3O/c1-9(2)13-7-11(8-14(16-4)18-13)15(19)17-12-5-10(3)6-12/h7-10,12H,5-6H2,1-4H3,(H,16,18)(H,17,19). The summed E-state index contributed by atoms with van der Waals surface area (Å²) in [7, 11) is 1.82. The van der Waals surface area contributed by atoms with Gasteiger partial charge in [0.25, 0.3) is 5.91 Å². The normalized spacial score (nSPS) is 21.9. The monoisotopic (exact) mass is 261 g/mol. The van der Waals surface area contributed by atoms with E-state index in [1.165, 1.54) is 0 Å². The fraction of sp³-hybridized carbons (Fsp3) is 0.600. The second-order valence-corrected chi connectivity index (χ2v) is 5.82. The fourth-order valence-corrected chi connectivity index (χ4v) is 2.40. The minimum absolute atomic E-state index is 0.0118. The van der Waals surface area contributed by atoms with Gasteiger partial charge < -0.3 is 10.6 Å². The van der Waals surface area contributed by atoms with E-state index in [2.05, 4.69) is 36.4 Å². The van der Waals surface area contributed by atoms with E-state index in [-0.39, 0.29) is 5.91 Å². The molecule has 2 N–H and O–H groups in total. The van der Waals surface area contributed by atoms with Gasteiger partial charge in [0.1, 0.15) is 5.82 Å². The number of carbonyl (C=O) groups is 1. The van der Waals surface area contributed by atoms with Crippen molar-refractivity contribution in [3.8, 4) is 0 Å². The highest BCUT2D eigenvalue weighted by Crippen LogP contribution is 2.26. The Balaban J connectivity index is 2.13. The zero-order valence-corrected chi connectivity index (χ0v) is 12.2. The number of anilines is 1. The van der Waals surface area contributed by atoms with Crippen molar-refractivity contribution in [1.82, 2.24) is 10.3 Å². The van der Waals surface area contributed by atoms with Crippen LogP contribution in [0.25, 0.3) is 0 Å². The van der Waals surface area contributed by atoms with Gasteiger partial charge >= 0.3 is 0 Å². The van der Waals surface area contributed by atoms with Crippen molar-refractivity contribution in [3.63, 3.8) is 0 Å². The Morgan fingerprint density at radius 3 is 2.58 bits per heavy atom. The third-order valence-electron chi connectivity index (χ3n) is 3.66. The van der Waals surface area contributed by atoms with Crippen LogP contribution in [0.4, 0.5) is 5.82 Å². The molecule has 1 aliphatic rings. The lowest BCUT2D eigenvalue weighted by Crippen LogP contribution is -2.43. The number of carbonyl (C=O) groups excluding carboxylic acids is 1. The van der Waals surface area contributed by atoms with Crippen molar-refractivity contribution >= 4 is 11.7 Å². The number of hydrogen-bond donors (Lipinski definition) is 2. The summed E-state index contributed by atoms with van der Waals surface area (Å²) in [6.45, 7) is 6.37. The third-order valence-corrected chi connectivity index (χ3v) is 3.66. The molecule has 4 heteroatoms. The van der Waals surface area contributed by atoms with E-state index in [4.69, 9.17) is 0 Å². The summed E-state index contributed by atoms with van der Waals surface area (Å²) in [4.78, 5) is 16.7. The minimum atomic E-state index is 0.0118. The summed E-state index contributed by atoms with van der Waals surface area (Å²) in [6, 6.07) is 4.04. The molecule has 1 heterocycles. The van der Waals surface area contributed by atoms with E-state index in [0.717, 1.165) is 30.3 Å².